The van der Waals surface area contributed by atoms with Crippen LogP contribution in [0.1, 0.15) is 22.8 Å². The molecule has 0 N–H and O–H groups in total. The van der Waals surface area contributed by atoms with Crippen molar-refractivity contribution in [1.29, 1.82) is 0 Å². The number of Topliss-reactive ketones (excluding diaryl/α,β-unsaturated/α-hetero) is 1. The fourth-order valence-electron chi connectivity index (χ4n) is 3.20. The van der Waals surface area contributed by atoms with Gasteiger partial charge in [-0.1, -0.05) is 24.3 Å². The minimum Gasteiger partial charge on any atom is -0.457 e. The quantitative estimate of drug-likeness (QED) is 0.379. The first kappa shape index (κ1) is 21.6. The monoisotopic (exact) mass is 460 g/mol. The molecule has 0 unspecified atom stereocenters. The van der Waals surface area contributed by atoms with Crippen molar-refractivity contribution in [1.82, 2.24) is 8.96 Å². The second-order valence-electron chi connectivity index (χ2n) is 6.85. The molecule has 2 aromatic carbocycles. The van der Waals surface area contributed by atoms with Gasteiger partial charge in [-0.15, -0.1) is 0 Å². The van der Waals surface area contributed by atoms with E-state index in [2.05, 4.69) is 4.98 Å². The first-order chi connectivity index (χ1) is 15.1. The second-order valence-corrected chi connectivity index (χ2v) is 8.66. The molecule has 0 aliphatic heterocycles. The number of benzene rings is 2. The molecule has 0 saturated heterocycles. The lowest BCUT2D eigenvalue weighted by Crippen LogP contribution is -2.12. The first-order valence-corrected chi connectivity index (χ1v) is 10.7. The molecule has 4 rings (SSSR count). The van der Waals surface area contributed by atoms with Gasteiger partial charge in [-0.3, -0.25) is 4.79 Å². The molecule has 2 heterocycles. The highest BCUT2D eigenvalue weighted by Gasteiger charge is 2.31. The Morgan fingerprint density at radius 2 is 1.75 bits per heavy atom. The molecule has 0 atom stereocenters. The number of fused-ring (bicyclic) bond motifs is 1. The Morgan fingerprint density at radius 3 is 2.41 bits per heavy atom. The average molecular weight is 460 g/mol. The Bertz CT molecular complexity index is 1430. The number of rotatable bonds is 5. The molecule has 4 aromatic rings. The van der Waals surface area contributed by atoms with Crippen LogP contribution in [0.2, 0.25) is 0 Å². The standard InChI is InChI=1S/C22H15F3N2O4S/c1-14(28)18-13-27(32(29,30)17-8-3-2-4-9-17)21-20(18)19(10-11-26-21)31-16-7-5-6-15(12-16)22(23,24)25/h2-13H,1H3. The van der Waals surface area contributed by atoms with Gasteiger partial charge < -0.3 is 4.74 Å². The number of carbonyl (C=O) groups is 1. The number of nitrogens with zero attached hydrogens (tertiary/aromatic N) is 2. The average Bonchev–Trinajstić information content (AvgIpc) is 3.16. The van der Waals surface area contributed by atoms with E-state index >= 15 is 0 Å². The van der Waals surface area contributed by atoms with Crippen LogP contribution in [0.25, 0.3) is 11.0 Å². The van der Waals surface area contributed by atoms with E-state index in [1.54, 1.807) is 18.2 Å². The molecule has 6 nitrogen and oxygen atoms in total. The third-order valence-corrected chi connectivity index (χ3v) is 6.35. The summed E-state index contributed by atoms with van der Waals surface area (Å²) in [7, 11) is -4.10. The van der Waals surface area contributed by atoms with E-state index in [-0.39, 0.29) is 33.0 Å². The summed E-state index contributed by atoms with van der Waals surface area (Å²) >= 11 is 0. The highest BCUT2D eigenvalue weighted by molar-refractivity contribution is 7.90. The molecule has 0 aliphatic carbocycles. The third-order valence-electron chi connectivity index (χ3n) is 4.69. The van der Waals surface area contributed by atoms with Gasteiger partial charge in [-0.25, -0.2) is 17.4 Å². The predicted octanol–water partition coefficient (Wildman–Crippen LogP) is 5.29. The van der Waals surface area contributed by atoms with Crippen LogP contribution >= 0.6 is 0 Å². The van der Waals surface area contributed by atoms with E-state index in [0.29, 0.717) is 0 Å². The van der Waals surface area contributed by atoms with Gasteiger partial charge in [-0.05, 0) is 43.3 Å². The highest BCUT2D eigenvalue weighted by Crippen LogP contribution is 2.37. The molecule has 10 heteroatoms. The maximum absolute atomic E-state index is 13.2. The molecular weight excluding hydrogens is 445 g/mol. The van der Waals surface area contributed by atoms with Crippen LogP contribution in [0, 0.1) is 0 Å². The van der Waals surface area contributed by atoms with Crippen molar-refractivity contribution < 1.29 is 31.1 Å². The zero-order valence-corrected chi connectivity index (χ0v) is 17.3. The number of ether oxygens (including phenoxy) is 1. The third kappa shape index (κ3) is 3.84. The van der Waals surface area contributed by atoms with Gasteiger partial charge in [0.25, 0.3) is 10.0 Å². The molecule has 0 saturated carbocycles. The number of aromatic nitrogens is 2. The Labute approximate surface area is 180 Å². The van der Waals surface area contributed by atoms with Crippen molar-refractivity contribution in [3.8, 4) is 11.5 Å². The molecule has 0 fully saturated rings. The normalized spacial score (nSPS) is 12.1. The van der Waals surface area contributed by atoms with Gasteiger partial charge in [0.15, 0.2) is 11.4 Å². The number of hydrogen-bond donors (Lipinski definition) is 0. The van der Waals surface area contributed by atoms with E-state index in [0.717, 1.165) is 22.3 Å². The lowest BCUT2D eigenvalue weighted by Gasteiger charge is -2.11. The molecule has 2 aromatic heterocycles. The number of hydrogen-bond acceptors (Lipinski definition) is 5. The van der Waals surface area contributed by atoms with Crippen molar-refractivity contribution in [3.05, 3.63) is 84.2 Å². The summed E-state index contributed by atoms with van der Waals surface area (Å²) in [6.45, 7) is 1.25. The van der Waals surface area contributed by atoms with Gasteiger partial charge >= 0.3 is 6.18 Å². The van der Waals surface area contributed by atoms with E-state index in [9.17, 15) is 26.4 Å². The predicted molar refractivity (Wildman–Crippen MR) is 110 cm³/mol. The molecule has 32 heavy (non-hydrogen) atoms. The first-order valence-electron chi connectivity index (χ1n) is 9.26. The largest absolute Gasteiger partial charge is 0.457 e. The summed E-state index contributed by atoms with van der Waals surface area (Å²) in [4.78, 5) is 16.4. The maximum Gasteiger partial charge on any atom is 0.416 e. The van der Waals surface area contributed by atoms with Crippen molar-refractivity contribution in [2.45, 2.75) is 18.0 Å². The fraction of sp³-hybridized carbons (Fsp3) is 0.0909. The lowest BCUT2D eigenvalue weighted by molar-refractivity contribution is -0.137. The van der Waals surface area contributed by atoms with E-state index in [1.165, 1.54) is 43.5 Å². The van der Waals surface area contributed by atoms with Crippen molar-refractivity contribution in [2.75, 3.05) is 0 Å². The molecular formula is C22H15F3N2O4S. The van der Waals surface area contributed by atoms with E-state index in [4.69, 9.17) is 4.74 Å². The van der Waals surface area contributed by atoms with Gasteiger partial charge in [0, 0.05) is 18.0 Å². The SMILES string of the molecule is CC(=O)c1cn(S(=O)(=O)c2ccccc2)c2nccc(Oc3cccc(C(F)(F)F)c3)c12. The summed E-state index contributed by atoms with van der Waals surface area (Å²) in [6.07, 6.45) is -2.17. The molecule has 164 valence electrons. The Hall–Kier alpha value is -3.66. The number of pyridine rings is 1. The number of ketones is 1. The summed E-state index contributed by atoms with van der Waals surface area (Å²) in [5.74, 6) is -0.582. The molecule has 0 spiro atoms. The molecule has 0 bridgehead atoms. The summed E-state index contributed by atoms with van der Waals surface area (Å²) < 4.78 is 72.0. The summed E-state index contributed by atoms with van der Waals surface area (Å²) in [5.41, 5.74) is -0.977. The minimum absolute atomic E-state index is 0.00142. The van der Waals surface area contributed by atoms with E-state index < -0.39 is 27.5 Å². The molecule has 0 aliphatic rings. The Kier molecular flexibility index (Phi) is 5.25. The summed E-state index contributed by atoms with van der Waals surface area (Å²) in [5, 5.41) is 0.0805. The smallest absolute Gasteiger partial charge is 0.416 e. The van der Waals surface area contributed by atoms with Gasteiger partial charge in [-0.2, -0.15) is 13.2 Å². The van der Waals surface area contributed by atoms with Crippen LogP contribution in [0.5, 0.6) is 11.5 Å². The second kappa shape index (κ2) is 7.79. The van der Waals surface area contributed by atoms with Crippen LogP contribution in [-0.4, -0.2) is 23.2 Å². The topological polar surface area (TPSA) is 78.3 Å². The van der Waals surface area contributed by atoms with Gasteiger partial charge in [0.2, 0.25) is 0 Å². The number of alkyl halides is 3. The Morgan fingerprint density at radius 1 is 1.03 bits per heavy atom. The Balaban J connectivity index is 1.89. The summed E-state index contributed by atoms with van der Waals surface area (Å²) in [6, 6.07) is 13.2. The maximum atomic E-state index is 13.2. The fourth-order valence-corrected chi connectivity index (χ4v) is 4.54. The van der Waals surface area contributed by atoms with Crippen LogP contribution in [0.3, 0.4) is 0 Å². The van der Waals surface area contributed by atoms with Crippen molar-refractivity contribution in [2.24, 2.45) is 0 Å². The van der Waals surface area contributed by atoms with E-state index in [1.807, 2.05) is 0 Å². The number of halogens is 3. The van der Waals surface area contributed by atoms with Crippen molar-refractivity contribution >= 4 is 26.8 Å². The van der Waals surface area contributed by atoms with Gasteiger partial charge in [0.05, 0.1) is 15.8 Å². The zero-order valence-electron chi connectivity index (χ0n) is 16.5. The van der Waals surface area contributed by atoms with Crippen molar-refractivity contribution in [3.63, 3.8) is 0 Å². The molecule has 0 amide bonds. The van der Waals surface area contributed by atoms with Crippen LogP contribution in [-0.2, 0) is 16.2 Å². The van der Waals surface area contributed by atoms with Crippen LogP contribution in [0.15, 0.2) is 78.0 Å². The number of carbonyl (C=O) groups excluding carboxylic acids is 1. The minimum atomic E-state index is -4.56. The lowest BCUT2D eigenvalue weighted by atomic mass is 10.1. The van der Waals surface area contributed by atoms with Gasteiger partial charge in [0.1, 0.15) is 11.5 Å². The zero-order chi connectivity index (χ0) is 23.1. The highest BCUT2D eigenvalue weighted by atomic mass is 32.2. The van der Waals surface area contributed by atoms with Crippen LogP contribution < -0.4 is 4.74 Å². The van der Waals surface area contributed by atoms with Crippen LogP contribution in [0.4, 0.5) is 13.2 Å². The molecule has 0 radical (unpaired) electrons.